The van der Waals surface area contributed by atoms with E-state index in [4.69, 9.17) is 11.6 Å². The summed E-state index contributed by atoms with van der Waals surface area (Å²) in [5.41, 5.74) is 2.85. The molecule has 116 valence electrons. The Morgan fingerprint density at radius 2 is 1.91 bits per heavy atom. The molecule has 0 aliphatic rings. The van der Waals surface area contributed by atoms with Crippen molar-refractivity contribution in [3.05, 3.63) is 63.9 Å². The zero-order valence-corrected chi connectivity index (χ0v) is 13.4. The number of hydrogen-bond acceptors (Lipinski definition) is 3. The van der Waals surface area contributed by atoms with E-state index in [2.05, 4.69) is 10.3 Å². The Morgan fingerprint density at radius 1 is 1.23 bits per heavy atom. The minimum atomic E-state index is -0.635. The van der Waals surface area contributed by atoms with Crippen LogP contribution in [0.3, 0.4) is 0 Å². The Hall–Kier alpha value is -1.91. The number of nitrogens with zero attached hydrogens (tertiary/aromatic N) is 1. The first-order valence-corrected chi connectivity index (χ1v) is 7.51. The molecule has 0 saturated carbocycles. The van der Waals surface area contributed by atoms with Crippen LogP contribution in [0.25, 0.3) is 0 Å². The minimum absolute atomic E-state index is 0.218. The van der Waals surface area contributed by atoms with Crippen molar-refractivity contribution < 1.29 is 9.90 Å². The maximum absolute atomic E-state index is 12.1. The van der Waals surface area contributed by atoms with Gasteiger partial charge >= 0.3 is 0 Å². The van der Waals surface area contributed by atoms with Gasteiger partial charge < -0.3 is 10.4 Å². The maximum atomic E-state index is 12.1. The Kier molecular flexibility index (Phi) is 5.52. The summed E-state index contributed by atoms with van der Waals surface area (Å²) >= 11 is 5.81. The highest BCUT2D eigenvalue weighted by molar-refractivity contribution is 6.30. The van der Waals surface area contributed by atoms with Gasteiger partial charge in [-0.2, -0.15) is 0 Å². The molecule has 1 amide bonds. The van der Waals surface area contributed by atoms with Crippen LogP contribution >= 0.6 is 11.6 Å². The number of carbonyl (C=O) groups excluding carboxylic acids is 1. The van der Waals surface area contributed by atoms with Crippen LogP contribution in [-0.4, -0.2) is 22.5 Å². The summed E-state index contributed by atoms with van der Waals surface area (Å²) in [5.74, 6) is -0.218. The zero-order chi connectivity index (χ0) is 16.1. The number of nitrogens with one attached hydrogen (secondary N) is 1. The van der Waals surface area contributed by atoms with Crippen LogP contribution in [0.15, 0.2) is 36.4 Å². The van der Waals surface area contributed by atoms with Crippen LogP contribution < -0.4 is 5.32 Å². The number of aliphatic hydroxyl groups is 1. The molecule has 0 radical (unpaired) electrons. The van der Waals surface area contributed by atoms with Gasteiger partial charge in [-0.25, -0.2) is 4.98 Å². The lowest BCUT2D eigenvalue weighted by atomic mass is 10.1. The number of halogens is 1. The second-order valence-electron chi connectivity index (χ2n) is 5.23. The molecule has 0 aliphatic carbocycles. The standard InChI is InChI=1S/C17H19ClN2O2/c1-11-3-4-12(2)20-16(11)17(22)19-10-9-15(21)13-5-7-14(18)8-6-13/h3-8,15,21H,9-10H2,1-2H3,(H,19,22)/t15-/m0/s1. The average molecular weight is 319 g/mol. The van der Waals surface area contributed by atoms with Crippen LogP contribution in [0.5, 0.6) is 0 Å². The molecule has 0 aliphatic heterocycles. The van der Waals surface area contributed by atoms with Crippen molar-refractivity contribution in [2.75, 3.05) is 6.54 Å². The average Bonchev–Trinajstić information content (AvgIpc) is 2.50. The van der Waals surface area contributed by atoms with Crippen molar-refractivity contribution in [2.45, 2.75) is 26.4 Å². The first kappa shape index (κ1) is 16.5. The number of aliphatic hydroxyl groups excluding tert-OH is 1. The van der Waals surface area contributed by atoms with Crippen molar-refractivity contribution in [1.29, 1.82) is 0 Å². The van der Waals surface area contributed by atoms with E-state index in [0.717, 1.165) is 16.8 Å². The van der Waals surface area contributed by atoms with E-state index in [1.807, 2.05) is 26.0 Å². The molecule has 2 rings (SSSR count). The van der Waals surface area contributed by atoms with Gasteiger partial charge in [0.15, 0.2) is 0 Å². The number of amides is 1. The van der Waals surface area contributed by atoms with E-state index in [-0.39, 0.29) is 5.91 Å². The molecule has 22 heavy (non-hydrogen) atoms. The fourth-order valence-electron chi connectivity index (χ4n) is 2.11. The van der Waals surface area contributed by atoms with Gasteiger partial charge in [0, 0.05) is 17.3 Å². The van der Waals surface area contributed by atoms with Crippen LogP contribution in [-0.2, 0) is 0 Å². The molecule has 1 aromatic heterocycles. The molecule has 2 aromatic rings. The Bertz CT molecular complexity index is 656. The highest BCUT2D eigenvalue weighted by Crippen LogP contribution is 2.18. The lowest BCUT2D eigenvalue weighted by Crippen LogP contribution is -2.27. The zero-order valence-electron chi connectivity index (χ0n) is 12.6. The summed E-state index contributed by atoms with van der Waals surface area (Å²) in [5, 5.41) is 13.5. The molecule has 1 aromatic carbocycles. The summed E-state index contributed by atoms with van der Waals surface area (Å²) in [4.78, 5) is 16.4. The van der Waals surface area contributed by atoms with Gasteiger partial charge in [0.25, 0.3) is 5.91 Å². The molecule has 0 bridgehead atoms. The second kappa shape index (κ2) is 7.38. The number of aryl methyl sites for hydroxylation is 2. The lowest BCUT2D eigenvalue weighted by Gasteiger charge is -2.12. The van der Waals surface area contributed by atoms with E-state index < -0.39 is 6.10 Å². The Labute approximate surface area is 135 Å². The van der Waals surface area contributed by atoms with Gasteiger partial charge in [0.05, 0.1) is 6.10 Å². The molecule has 0 saturated heterocycles. The van der Waals surface area contributed by atoms with Crippen molar-refractivity contribution >= 4 is 17.5 Å². The van der Waals surface area contributed by atoms with Gasteiger partial charge in [0.1, 0.15) is 5.69 Å². The van der Waals surface area contributed by atoms with E-state index in [0.29, 0.717) is 23.7 Å². The van der Waals surface area contributed by atoms with Gasteiger partial charge in [-0.15, -0.1) is 0 Å². The predicted molar refractivity (Wildman–Crippen MR) is 87.1 cm³/mol. The molecule has 0 fully saturated rings. The highest BCUT2D eigenvalue weighted by atomic mass is 35.5. The number of carbonyl (C=O) groups is 1. The van der Waals surface area contributed by atoms with Crippen molar-refractivity contribution in [1.82, 2.24) is 10.3 Å². The quantitative estimate of drug-likeness (QED) is 0.890. The molecule has 1 atom stereocenters. The molecule has 0 spiro atoms. The van der Waals surface area contributed by atoms with Crippen molar-refractivity contribution in [2.24, 2.45) is 0 Å². The third-order valence-electron chi connectivity index (χ3n) is 3.41. The monoisotopic (exact) mass is 318 g/mol. The molecule has 5 heteroatoms. The van der Waals surface area contributed by atoms with E-state index in [9.17, 15) is 9.90 Å². The first-order chi connectivity index (χ1) is 10.5. The van der Waals surface area contributed by atoms with E-state index in [1.165, 1.54) is 0 Å². The third kappa shape index (κ3) is 4.29. The topological polar surface area (TPSA) is 62.2 Å². The summed E-state index contributed by atoms with van der Waals surface area (Å²) < 4.78 is 0. The van der Waals surface area contributed by atoms with Crippen LogP contribution in [0.1, 0.15) is 39.8 Å². The van der Waals surface area contributed by atoms with Crippen molar-refractivity contribution in [3.8, 4) is 0 Å². The summed E-state index contributed by atoms with van der Waals surface area (Å²) in [6.45, 7) is 4.07. The Morgan fingerprint density at radius 3 is 2.59 bits per heavy atom. The molecular formula is C17H19ClN2O2. The fraction of sp³-hybridized carbons (Fsp3) is 0.294. The van der Waals surface area contributed by atoms with Crippen LogP contribution in [0.2, 0.25) is 5.02 Å². The molecule has 2 N–H and O–H groups in total. The fourth-order valence-corrected chi connectivity index (χ4v) is 2.24. The summed E-state index contributed by atoms with van der Waals surface area (Å²) in [6.07, 6.45) is -0.206. The third-order valence-corrected chi connectivity index (χ3v) is 3.66. The van der Waals surface area contributed by atoms with E-state index in [1.54, 1.807) is 24.3 Å². The number of hydrogen-bond donors (Lipinski definition) is 2. The van der Waals surface area contributed by atoms with Crippen LogP contribution in [0, 0.1) is 13.8 Å². The predicted octanol–water partition coefficient (Wildman–Crippen LogP) is 3.21. The lowest BCUT2D eigenvalue weighted by molar-refractivity contribution is 0.0937. The number of rotatable bonds is 5. The summed E-state index contributed by atoms with van der Waals surface area (Å²) in [7, 11) is 0. The summed E-state index contributed by atoms with van der Waals surface area (Å²) in [6, 6.07) is 10.8. The minimum Gasteiger partial charge on any atom is -0.388 e. The van der Waals surface area contributed by atoms with Gasteiger partial charge in [0.2, 0.25) is 0 Å². The number of aromatic nitrogens is 1. The van der Waals surface area contributed by atoms with Gasteiger partial charge in [-0.05, 0) is 49.6 Å². The van der Waals surface area contributed by atoms with E-state index >= 15 is 0 Å². The van der Waals surface area contributed by atoms with Gasteiger partial charge in [-0.3, -0.25) is 4.79 Å². The van der Waals surface area contributed by atoms with Crippen LogP contribution in [0.4, 0.5) is 0 Å². The molecule has 0 unspecified atom stereocenters. The number of benzene rings is 1. The second-order valence-corrected chi connectivity index (χ2v) is 5.67. The number of pyridine rings is 1. The van der Waals surface area contributed by atoms with Crippen molar-refractivity contribution in [3.63, 3.8) is 0 Å². The van der Waals surface area contributed by atoms with Gasteiger partial charge in [-0.1, -0.05) is 29.8 Å². The highest BCUT2D eigenvalue weighted by Gasteiger charge is 2.12. The smallest absolute Gasteiger partial charge is 0.270 e. The maximum Gasteiger partial charge on any atom is 0.270 e. The molecule has 4 nitrogen and oxygen atoms in total. The SMILES string of the molecule is Cc1ccc(C)c(C(=O)NCC[C@H](O)c2ccc(Cl)cc2)n1. The molecular weight excluding hydrogens is 300 g/mol. The first-order valence-electron chi connectivity index (χ1n) is 7.13. The normalized spacial score (nSPS) is 12.0. The largest absolute Gasteiger partial charge is 0.388 e. The Balaban J connectivity index is 1.89. The molecule has 1 heterocycles.